The largest absolute Gasteiger partial charge is 0.416 e. The van der Waals surface area contributed by atoms with Gasteiger partial charge in [-0.25, -0.2) is 0 Å². The molecule has 0 unspecified atom stereocenters. The van der Waals surface area contributed by atoms with E-state index in [1.165, 1.54) is 0 Å². The van der Waals surface area contributed by atoms with Gasteiger partial charge < -0.3 is 5.73 Å². The summed E-state index contributed by atoms with van der Waals surface area (Å²) in [5.41, 5.74) is 5.81. The third-order valence-electron chi connectivity index (χ3n) is 2.76. The summed E-state index contributed by atoms with van der Waals surface area (Å²) in [5.74, 6) is 0.343. The first-order chi connectivity index (χ1) is 7.38. The number of hydrogen-bond acceptors (Lipinski definition) is 1. The fourth-order valence-corrected chi connectivity index (χ4v) is 2.21. The van der Waals surface area contributed by atoms with Crippen LogP contribution in [-0.2, 0) is 6.18 Å². The minimum absolute atomic E-state index is 0. The third kappa shape index (κ3) is 3.60. The van der Waals surface area contributed by atoms with Crippen molar-refractivity contribution in [1.29, 1.82) is 0 Å². The van der Waals surface area contributed by atoms with Crippen molar-refractivity contribution < 1.29 is 13.2 Å². The monoisotopic (exact) mass is 329 g/mol. The molecule has 0 aliphatic heterocycles. The molecule has 1 saturated carbocycles. The molecule has 1 aliphatic carbocycles. The molecule has 0 bridgehead atoms. The minimum atomic E-state index is -4.32. The standard InChI is InChI=1S/C11H11BrF3N.ClH/c12-9-4-7(10(16)6-1-2-6)3-8(5-9)11(13,14)15;/h3-6,10H,1-2,16H2;1H/t10-;/m1./s1. The van der Waals surface area contributed by atoms with Crippen molar-refractivity contribution in [2.45, 2.75) is 25.1 Å². The van der Waals surface area contributed by atoms with Crippen LogP contribution in [0.5, 0.6) is 0 Å². The maximum Gasteiger partial charge on any atom is 0.416 e. The Balaban J connectivity index is 0.00000144. The number of hydrogen-bond donors (Lipinski definition) is 1. The van der Waals surface area contributed by atoms with Gasteiger partial charge in [0.15, 0.2) is 0 Å². The molecule has 6 heteroatoms. The topological polar surface area (TPSA) is 26.0 Å². The fourth-order valence-electron chi connectivity index (χ4n) is 1.70. The van der Waals surface area contributed by atoms with Gasteiger partial charge in [0.05, 0.1) is 5.56 Å². The summed E-state index contributed by atoms with van der Waals surface area (Å²) in [4.78, 5) is 0. The average Bonchev–Trinajstić information content (AvgIpc) is 2.97. The van der Waals surface area contributed by atoms with Crippen molar-refractivity contribution in [3.8, 4) is 0 Å². The molecule has 0 heterocycles. The molecule has 0 saturated heterocycles. The Bertz CT molecular complexity index is 404. The Morgan fingerprint density at radius 1 is 1.24 bits per heavy atom. The van der Waals surface area contributed by atoms with E-state index >= 15 is 0 Å². The van der Waals surface area contributed by atoms with Gasteiger partial charge in [-0.05, 0) is 42.5 Å². The van der Waals surface area contributed by atoms with Crippen molar-refractivity contribution in [2.24, 2.45) is 11.7 Å². The average molecular weight is 331 g/mol. The van der Waals surface area contributed by atoms with Crippen LogP contribution in [0.3, 0.4) is 0 Å². The van der Waals surface area contributed by atoms with Crippen LogP contribution in [0, 0.1) is 5.92 Å². The maximum absolute atomic E-state index is 12.6. The summed E-state index contributed by atoms with van der Waals surface area (Å²) in [5, 5.41) is 0. The quantitative estimate of drug-likeness (QED) is 0.859. The zero-order valence-electron chi connectivity index (χ0n) is 8.80. The van der Waals surface area contributed by atoms with Crippen LogP contribution in [0.1, 0.15) is 30.0 Å². The van der Waals surface area contributed by atoms with E-state index in [2.05, 4.69) is 15.9 Å². The van der Waals surface area contributed by atoms with Gasteiger partial charge >= 0.3 is 6.18 Å². The summed E-state index contributed by atoms with van der Waals surface area (Å²) < 4.78 is 38.1. The second-order valence-electron chi connectivity index (χ2n) is 4.13. The van der Waals surface area contributed by atoms with Crippen LogP contribution in [0.25, 0.3) is 0 Å². The van der Waals surface area contributed by atoms with Gasteiger partial charge in [-0.2, -0.15) is 13.2 Å². The lowest BCUT2D eigenvalue weighted by Gasteiger charge is -2.14. The number of rotatable bonds is 2. The second-order valence-corrected chi connectivity index (χ2v) is 5.05. The number of alkyl halides is 3. The zero-order valence-corrected chi connectivity index (χ0v) is 11.2. The molecule has 1 aromatic rings. The molecule has 1 aromatic carbocycles. The van der Waals surface area contributed by atoms with Gasteiger partial charge in [-0.1, -0.05) is 15.9 Å². The highest BCUT2D eigenvalue weighted by molar-refractivity contribution is 9.10. The van der Waals surface area contributed by atoms with Crippen LogP contribution >= 0.6 is 28.3 Å². The predicted octanol–water partition coefficient (Wildman–Crippen LogP) is 4.30. The molecule has 1 aliphatic rings. The van der Waals surface area contributed by atoms with Gasteiger partial charge in [0.1, 0.15) is 0 Å². The maximum atomic E-state index is 12.6. The zero-order chi connectivity index (χ0) is 11.9. The summed E-state index contributed by atoms with van der Waals surface area (Å²) in [6.07, 6.45) is -2.30. The number of nitrogens with two attached hydrogens (primary N) is 1. The predicted molar refractivity (Wildman–Crippen MR) is 66.0 cm³/mol. The van der Waals surface area contributed by atoms with Crippen LogP contribution in [-0.4, -0.2) is 0 Å². The summed E-state index contributed by atoms with van der Waals surface area (Å²) in [6, 6.07) is 3.60. The van der Waals surface area contributed by atoms with Crippen LogP contribution in [0.4, 0.5) is 13.2 Å². The minimum Gasteiger partial charge on any atom is -0.324 e. The van der Waals surface area contributed by atoms with Crippen LogP contribution in [0.2, 0.25) is 0 Å². The second kappa shape index (κ2) is 5.16. The van der Waals surface area contributed by atoms with Crippen LogP contribution < -0.4 is 5.73 Å². The highest BCUT2D eigenvalue weighted by Crippen LogP contribution is 2.41. The van der Waals surface area contributed by atoms with Crippen molar-refractivity contribution >= 4 is 28.3 Å². The Labute approximate surface area is 112 Å². The van der Waals surface area contributed by atoms with E-state index in [4.69, 9.17) is 5.73 Å². The highest BCUT2D eigenvalue weighted by atomic mass is 79.9. The van der Waals surface area contributed by atoms with Gasteiger partial charge in [-0.3, -0.25) is 0 Å². The third-order valence-corrected chi connectivity index (χ3v) is 3.22. The van der Waals surface area contributed by atoms with Crippen molar-refractivity contribution in [2.75, 3.05) is 0 Å². The van der Waals surface area contributed by atoms with E-state index in [1.54, 1.807) is 6.07 Å². The van der Waals surface area contributed by atoms with E-state index in [-0.39, 0.29) is 18.4 Å². The van der Waals surface area contributed by atoms with E-state index in [1.807, 2.05) is 0 Å². The molecular weight excluding hydrogens is 318 g/mol. The van der Waals surface area contributed by atoms with E-state index in [0.29, 0.717) is 16.0 Å². The molecule has 2 N–H and O–H groups in total. The van der Waals surface area contributed by atoms with Gasteiger partial charge in [-0.15, -0.1) is 12.4 Å². The van der Waals surface area contributed by atoms with E-state index in [9.17, 15) is 13.2 Å². The Kier molecular flexibility index (Phi) is 4.49. The molecule has 0 spiro atoms. The lowest BCUT2D eigenvalue weighted by Crippen LogP contribution is -2.14. The molecular formula is C11H12BrClF3N. The normalized spacial score (nSPS) is 17.5. The first-order valence-corrected chi connectivity index (χ1v) is 5.80. The lowest BCUT2D eigenvalue weighted by molar-refractivity contribution is -0.137. The molecule has 0 amide bonds. The number of halogens is 5. The molecule has 0 aromatic heterocycles. The summed E-state index contributed by atoms with van der Waals surface area (Å²) in [6.45, 7) is 0. The molecule has 17 heavy (non-hydrogen) atoms. The SMILES string of the molecule is Cl.N[C@@H](c1cc(Br)cc(C(F)(F)F)c1)C1CC1. The molecule has 0 radical (unpaired) electrons. The molecule has 1 nitrogen and oxygen atoms in total. The van der Waals surface area contributed by atoms with Gasteiger partial charge in [0.25, 0.3) is 0 Å². The Morgan fingerprint density at radius 2 is 1.82 bits per heavy atom. The van der Waals surface area contributed by atoms with Crippen molar-refractivity contribution in [3.05, 3.63) is 33.8 Å². The van der Waals surface area contributed by atoms with E-state index in [0.717, 1.165) is 25.0 Å². The summed E-state index contributed by atoms with van der Waals surface area (Å²) >= 11 is 3.09. The van der Waals surface area contributed by atoms with Gasteiger partial charge in [0.2, 0.25) is 0 Å². The number of benzene rings is 1. The first kappa shape index (κ1) is 14.8. The Hall–Kier alpha value is -0.260. The molecule has 2 rings (SSSR count). The highest BCUT2D eigenvalue weighted by Gasteiger charge is 2.34. The Morgan fingerprint density at radius 3 is 2.29 bits per heavy atom. The molecule has 96 valence electrons. The first-order valence-electron chi connectivity index (χ1n) is 5.01. The lowest BCUT2D eigenvalue weighted by atomic mass is 10.0. The fraction of sp³-hybridized carbons (Fsp3) is 0.455. The summed E-state index contributed by atoms with van der Waals surface area (Å²) in [7, 11) is 0. The van der Waals surface area contributed by atoms with Crippen LogP contribution in [0.15, 0.2) is 22.7 Å². The van der Waals surface area contributed by atoms with Gasteiger partial charge in [0, 0.05) is 10.5 Å². The van der Waals surface area contributed by atoms with Crippen molar-refractivity contribution in [3.63, 3.8) is 0 Å². The molecule has 1 atom stereocenters. The van der Waals surface area contributed by atoms with Crippen molar-refractivity contribution in [1.82, 2.24) is 0 Å². The van der Waals surface area contributed by atoms with E-state index < -0.39 is 11.7 Å². The molecule has 1 fully saturated rings. The smallest absolute Gasteiger partial charge is 0.324 e.